The maximum Gasteiger partial charge on any atom is 0.210 e. The van der Waals surface area contributed by atoms with Gasteiger partial charge in [0.1, 0.15) is 0 Å². The molecule has 6 heteroatoms. The van der Waals surface area contributed by atoms with Gasteiger partial charge in [-0.25, -0.2) is 0 Å². The van der Waals surface area contributed by atoms with E-state index in [-0.39, 0.29) is 6.04 Å². The molecule has 108 valence electrons. The van der Waals surface area contributed by atoms with Gasteiger partial charge in [0.15, 0.2) is 0 Å². The molecule has 0 aliphatic heterocycles. The zero-order valence-corrected chi connectivity index (χ0v) is 12.8. The zero-order valence-electron chi connectivity index (χ0n) is 12.0. The second-order valence-corrected chi connectivity index (χ2v) is 5.27. The summed E-state index contributed by atoms with van der Waals surface area (Å²) in [5.41, 5.74) is 0. The Morgan fingerprint density at radius 2 is 2.32 bits per heavy atom. The minimum Gasteiger partial charge on any atom is -0.339 e. The van der Waals surface area contributed by atoms with Crippen LogP contribution >= 0.6 is 11.8 Å². The van der Waals surface area contributed by atoms with Crippen molar-refractivity contribution in [3.8, 4) is 0 Å². The molecule has 19 heavy (non-hydrogen) atoms. The lowest BCUT2D eigenvalue weighted by Crippen LogP contribution is -2.38. The fourth-order valence-electron chi connectivity index (χ4n) is 1.38. The van der Waals surface area contributed by atoms with Crippen LogP contribution in [-0.2, 0) is 4.79 Å². The average Bonchev–Trinajstić information content (AvgIpc) is 2.40. The highest BCUT2D eigenvalue weighted by atomic mass is 32.2. The standard InChI is InChI=1S/C13H24N4OS/c1-5-19-13(9-15-4)10-16-8-12(2)17(11-18)7-6-14-3/h9-12,14H,4-8H2,1-3H3/b13-9+,16-10?. The Balaban J connectivity index is 4.30. The van der Waals surface area contributed by atoms with Gasteiger partial charge in [-0.05, 0) is 26.4 Å². The van der Waals surface area contributed by atoms with Crippen molar-refractivity contribution in [1.82, 2.24) is 10.2 Å². The van der Waals surface area contributed by atoms with Gasteiger partial charge in [-0.2, -0.15) is 0 Å². The van der Waals surface area contributed by atoms with E-state index in [0.717, 1.165) is 23.6 Å². The molecule has 0 radical (unpaired) electrons. The zero-order chi connectivity index (χ0) is 14.5. The molecular formula is C13H24N4OS. The number of thioether (sulfide) groups is 1. The molecule has 1 atom stereocenters. The van der Waals surface area contributed by atoms with Crippen molar-refractivity contribution in [3.63, 3.8) is 0 Å². The normalized spacial score (nSPS) is 13.5. The van der Waals surface area contributed by atoms with Gasteiger partial charge in [0, 0.05) is 36.5 Å². The molecule has 0 aliphatic rings. The highest BCUT2D eigenvalue weighted by molar-refractivity contribution is 8.03. The minimum absolute atomic E-state index is 0.0895. The molecule has 0 rings (SSSR count). The summed E-state index contributed by atoms with van der Waals surface area (Å²) < 4.78 is 0. The van der Waals surface area contributed by atoms with Gasteiger partial charge in [-0.15, -0.1) is 11.8 Å². The fraction of sp³-hybridized carbons (Fsp3) is 0.615. The molecule has 0 aromatic carbocycles. The quantitative estimate of drug-likeness (QED) is 0.461. The Morgan fingerprint density at radius 1 is 1.58 bits per heavy atom. The smallest absolute Gasteiger partial charge is 0.210 e. The van der Waals surface area contributed by atoms with Crippen LogP contribution in [0.4, 0.5) is 0 Å². The number of carbonyl (C=O) groups is 1. The molecule has 0 fully saturated rings. The van der Waals surface area contributed by atoms with Gasteiger partial charge in [-0.3, -0.25) is 14.8 Å². The number of carbonyl (C=O) groups excluding carboxylic acids is 1. The van der Waals surface area contributed by atoms with Crippen molar-refractivity contribution in [2.75, 3.05) is 32.4 Å². The molecular weight excluding hydrogens is 260 g/mol. The number of hydrogen-bond donors (Lipinski definition) is 1. The van der Waals surface area contributed by atoms with Crippen molar-refractivity contribution in [2.45, 2.75) is 19.9 Å². The summed E-state index contributed by atoms with van der Waals surface area (Å²) in [4.78, 5) is 21.8. The summed E-state index contributed by atoms with van der Waals surface area (Å²) in [7, 11) is 1.87. The van der Waals surface area contributed by atoms with E-state index in [1.165, 1.54) is 0 Å². The maximum atomic E-state index is 11.0. The second-order valence-electron chi connectivity index (χ2n) is 3.94. The van der Waals surface area contributed by atoms with Crippen LogP contribution in [0.25, 0.3) is 0 Å². The highest BCUT2D eigenvalue weighted by Gasteiger charge is 2.09. The lowest BCUT2D eigenvalue weighted by Gasteiger charge is -2.23. The maximum absolute atomic E-state index is 11.0. The number of aliphatic imine (C=N–C) groups is 2. The molecule has 0 spiro atoms. The Labute approximate surface area is 120 Å². The number of nitrogens with one attached hydrogen (secondary N) is 1. The van der Waals surface area contributed by atoms with Crippen LogP contribution in [0.5, 0.6) is 0 Å². The lowest BCUT2D eigenvalue weighted by molar-refractivity contribution is -0.119. The SMILES string of the molecule is C=N/C=C(\C=NCC(C)N(C=O)CCNC)SCC. The number of rotatable bonds is 11. The first-order chi connectivity index (χ1) is 9.19. The van der Waals surface area contributed by atoms with Gasteiger partial charge in [0.2, 0.25) is 6.41 Å². The van der Waals surface area contributed by atoms with Crippen LogP contribution in [0.3, 0.4) is 0 Å². The van der Waals surface area contributed by atoms with Gasteiger partial charge >= 0.3 is 0 Å². The molecule has 1 N–H and O–H groups in total. The first-order valence-electron chi connectivity index (χ1n) is 6.33. The Hall–Kier alpha value is -1.14. The Bertz CT molecular complexity index is 318. The van der Waals surface area contributed by atoms with Crippen molar-refractivity contribution in [3.05, 3.63) is 11.1 Å². The van der Waals surface area contributed by atoms with Crippen LogP contribution in [0.15, 0.2) is 21.1 Å². The summed E-state index contributed by atoms with van der Waals surface area (Å²) in [6.45, 7) is 9.56. The van der Waals surface area contributed by atoms with Gasteiger partial charge in [-0.1, -0.05) is 6.92 Å². The summed E-state index contributed by atoms with van der Waals surface area (Å²) in [6, 6.07) is 0.0895. The average molecular weight is 284 g/mol. The van der Waals surface area contributed by atoms with E-state index >= 15 is 0 Å². The van der Waals surface area contributed by atoms with E-state index in [4.69, 9.17) is 0 Å². The third kappa shape index (κ3) is 8.56. The van der Waals surface area contributed by atoms with Crippen molar-refractivity contribution in [2.24, 2.45) is 9.98 Å². The largest absolute Gasteiger partial charge is 0.339 e. The minimum atomic E-state index is 0.0895. The van der Waals surface area contributed by atoms with Gasteiger partial charge < -0.3 is 10.2 Å². The van der Waals surface area contributed by atoms with Crippen LogP contribution in [0.1, 0.15) is 13.8 Å². The van der Waals surface area contributed by atoms with Crippen molar-refractivity contribution >= 4 is 31.1 Å². The van der Waals surface area contributed by atoms with Crippen molar-refractivity contribution < 1.29 is 4.79 Å². The molecule has 0 heterocycles. The summed E-state index contributed by atoms with van der Waals surface area (Å²) in [6.07, 6.45) is 4.36. The van der Waals surface area contributed by atoms with Crippen LogP contribution < -0.4 is 5.32 Å². The molecule has 0 saturated carbocycles. The first-order valence-corrected chi connectivity index (χ1v) is 7.32. The van der Waals surface area contributed by atoms with E-state index in [9.17, 15) is 4.79 Å². The monoisotopic (exact) mass is 284 g/mol. The van der Waals surface area contributed by atoms with E-state index in [2.05, 4.69) is 28.9 Å². The molecule has 0 aromatic rings. The summed E-state index contributed by atoms with van der Waals surface area (Å²) in [5, 5.41) is 3.02. The van der Waals surface area contributed by atoms with E-state index in [1.807, 2.05) is 14.0 Å². The molecule has 1 amide bonds. The molecule has 0 aliphatic carbocycles. The first kappa shape index (κ1) is 17.9. The third-order valence-electron chi connectivity index (χ3n) is 2.44. The number of amides is 1. The summed E-state index contributed by atoms with van der Waals surface area (Å²) >= 11 is 1.67. The molecule has 1 unspecified atom stereocenters. The van der Waals surface area contributed by atoms with Crippen LogP contribution in [-0.4, -0.2) is 62.7 Å². The van der Waals surface area contributed by atoms with E-state index in [0.29, 0.717) is 13.1 Å². The number of nitrogens with zero attached hydrogens (tertiary/aromatic N) is 3. The Kier molecular flexibility index (Phi) is 11.2. The third-order valence-corrected chi connectivity index (χ3v) is 3.27. The van der Waals surface area contributed by atoms with Gasteiger partial charge in [0.05, 0.1) is 6.54 Å². The topological polar surface area (TPSA) is 57.1 Å². The van der Waals surface area contributed by atoms with E-state index < -0.39 is 0 Å². The second kappa shape index (κ2) is 11.9. The fourth-order valence-corrected chi connectivity index (χ4v) is 2.01. The predicted octanol–water partition coefficient (Wildman–Crippen LogP) is 1.42. The molecule has 0 bridgehead atoms. The Morgan fingerprint density at radius 3 is 2.84 bits per heavy atom. The number of hydrogen-bond acceptors (Lipinski definition) is 5. The summed E-state index contributed by atoms with van der Waals surface area (Å²) in [5.74, 6) is 0.964. The van der Waals surface area contributed by atoms with Crippen LogP contribution in [0.2, 0.25) is 0 Å². The number of allylic oxidation sites excluding steroid dienone is 1. The highest BCUT2D eigenvalue weighted by Crippen LogP contribution is 2.12. The van der Waals surface area contributed by atoms with Crippen LogP contribution in [0, 0.1) is 0 Å². The van der Waals surface area contributed by atoms with E-state index in [1.54, 1.807) is 29.1 Å². The number of likely N-dealkylation sites (N-methyl/N-ethyl adjacent to an activating group) is 1. The molecule has 5 nitrogen and oxygen atoms in total. The van der Waals surface area contributed by atoms with Crippen molar-refractivity contribution in [1.29, 1.82) is 0 Å². The lowest BCUT2D eigenvalue weighted by atomic mass is 10.3. The van der Waals surface area contributed by atoms with Gasteiger partial charge in [0.25, 0.3) is 0 Å². The molecule has 0 aromatic heterocycles. The predicted molar refractivity (Wildman–Crippen MR) is 85.3 cm³/mol. The molecule has 0 saturated heterocycles.